The van der Waals surface area contributed by atoms with Crippen molar-refractivity contribution in [1.29, 1.82) is 0 Å². The van der Waals surface area contributed by atoms with Crippen LogP contribution in [0.15, 0.2) is 23.3 Å². The van der Waals surface area contributed by atoms with Gasteiger partial charge < -0.3 is 10.2 Å². The number of fused-ring (bicyclic) bond motifs is 5. The SMILES string of the molecule is C[C@]12CC[C@H](O)CC1=C[C@@H](O)C1C2=CC[C@]2(C)C(=O)CCC12. The zero-order valence-corrected chi connectivity index (χ0v) is 13.5. The molecule has 2 unspecified atom stereocenters. The Balaban J connectivity index is 1.80. The largest absolute Gasteiger partial charge is 0.393 e. The van der Waals surface area contributed by atoms with Gasteiger partial charge in [0.15, 0.2) is 0 Å². The molecule has 0 radical (unpaired) electrons. The highest BCUT2D eigenvalue weighted by molar-refractivity contribution is 5.87. The van der Waals surface area contributed by atoms with Gasteiger partial charge in [0.1, 0.15) is 5.78 Å². The molecular weight excluding hydrogens is 276 g/mol. The van der Waals surface area contributed by atoms with E-state index in [9.17, 15) is 15.0 Å². The van der Waals surface area contributed by atoms with Gasteiger partial charge in [0.25, 0.3) is 0 Å². The van der Waals surface area contributed by atoms with Crippen molar-refractivity contribution >= 4 is 5.78 Å². The molecule has 120 valence electrons. The third-order valence-corrected chi connectivity index (χ3v) is 7.20. The second kappa shape index (κ2) is 4.55. The lowest BCUT2D eigenvalue weighted by molar-refractivity contribution is -0.127. The van der Waals surface area contributed by atoms with E-state index in [-0.39, 0.29) is 28.8 Å². The first-order chi connectivity index (χ1) is 10.4. The van der Waals surface area contributed by atoms with Crippen molar-refractivity contribution in [2.75, 3.05) is 0 Å². The van der Waals surface area contributed by atoms with E-state index >= 15 is 0 Å². The van der Waals surface area contributed by atoms with Crippen LogP contribution in [0.2, 0.25) is 0 Å². The lowest BCUT2D eigenvalue weighted by Gasteiger charge is -2.53. The molecule has 2 N–H and O–H groups in total. The van der Waals surface area contributed by atoms with Crippen molar-refractivity contribution in [3.63, 3.8) is 0 Å². The van der Waals surface area contributed by atoms with Crippen LogP contribution in [0.1, 0.15) is 52.4 Å². The quantitative estimate of drug-likeness (QED) is 0.677. The maximum atomic E-state index is 12.4. The van der Waals surface area contributed by atoms with Crippen LogP contribution in [0.5, 0.6) is 0 Å². The summed E-state index contributed by atoms with van der Waals surface area (Å²) in [6, 6.07) is 0. The summed E-state index contributed by atoms with van der Waals surface area (Å²) >= 11 is 0. The summed E-state index contributed by atoms with van der Waals surface area (Å²) in [6.45, 7) is 4.37. The Bertz CT molecular complexity index is 589. The summed E-state index contributed by atoms with van der Waals surface area (Å²) in [6.07, 6.45) is 8.34. The second-order valence-corrected chi connectivity index (χ2v) is 8.29. The molecule has 0 spiro atoms. The highest BCUT2D eigenvalue weighted by Crippen LogP contribution is 2.61. The van der Waals surface area contributed by atoms with Crippen LogP contribution in [0.25, 0.3) is 0 Å². The molecule has 0 aromatic carbocycles. The predicted molar refractivity (Wildman–Crippen MR) is 84.1 cm³/mol. The standard InChI is InChI=1S/C19H26O3/c1-18-7-5-12(20)9-11(18)10-15(21)17-13-3-4-16(22)19(13,2)8-6-14(17)18/h6,10,12-13,15,17,20-21H,3-5,7-9H2,1-2H3/t12-,13?,15+,17?,18-,19-/m0/s1. The minimum Gasteiger partial charge on any atom is -0.393 e. The maximum Gasteiger partial charge on any atom is 0.139 e. The smallest absolute Gasteiger partial charge is 0.139 e. The number of carbonyl (C=O) groups is 1. The number of carbonyl (C=O) groups excluding carboxylic acids is 1. The Hall–Kier alpha value is -0.930. The van der Waals surface area contributed by atoms with Crippen LogP contribution in [-0.4, -0.2) is 28.2 Å². The van der Waals surface area contributed by atoms with E-state index in [1.807, 2.05) is 6.08 Å². The third-order valence-electron chi connectivity index (χ3n) is 7.20. The molecule has 2 fully saturated rings. The first-order valence-corrected chi connectivity index (χ1v) is 8.67. The Kier molecular flexibility index (Phi) is 3.03. The van der Waals surface area contributed by atoms with E-state index < -0.39 is 6.10 Å². The van der Waals surface area contributed by atoms with Gasteiger partial charge in [-0.2, -0.15) is 0 Å². The molecule has 0 amide bonds. The molecule has 4 aliphatic rings. The summed E-state index contributed by atoms with van der Waals surface area (Å²) in [5, 5.41) is 20.8. The highest BCUT2D eigenvalue weighted by Gasteiger charge is 2.57. The zero-order chi connectivity index (χ0) is 15.7. The highest BCUT2D eigenvalue weighted by atomic mass is 16.3. The van der Waals surface area contributed by atoms with Gasteiger partial charge in [-0.15, -0.1) is 0 Å². The zero-order valence-electron chi connectivity index (χ0n) is 13.5. The monoisotopic (exact) mass is 302 g/mol. The van der Waals surface area contributed by atoms with Gasteiger partial charge in [0.2, 0.25) is 0 Å². The molecule has 4 rings (SSSR count). The molecule has 0 bridgehead atoms. The van der Waals surface area contributed by atoms with Crippen molar-refractivity contribution in [2.24, 2.45) is 22.7 Å². The van der Waals surface area contributed by atoms with Crippen LogP contribution < -0.4 is 0 Å². The third kappa shape index (κ3) is 1.73. The van der Waals surface area contributed by atoms with Crippen LogP contribution in [0, 0.1) is 22.7 Å². The molecule has 0 aliphatic heterocycles. The minimum atomic E-state index is -0.504. The Labute approximate surface area is 132 Å². The Morgan fingerprint density at radius 3 is 2.77 bits per heavy atom. The molecule has 0 aromatic heterocycles. The average molecular weight is 302 g/mol. The van der Waals surface area contributed by atoms with Crippen molar-refractivity contribution in [1.82, 2.24) is 0 Å². The first-order valence-electron chi connectivity index (χ1n) is 8.67. The molecular formula is C19H26O3. The topological polar surface area (TPSA) is 57.5 Å². The van der Waals surface area contributed by atoms with E-state index in [1.54, 1.807) is 0 Å². The van der Waals surface area contributed by atoms with Gasteiger partial charge >= 0.3 is 0 Å². The Morgan fingerprint density at radius 1 is 1.23 bits per heavy atom. The van der Waals surface area contributed by atoms with Crippen molar-refractivity contribution < 1.29 is 15.0 Å². The number of ketones is 1. The molecule has 3 nitrogen and oxygen atoms in total. The lowest BCUT2D eigenvalue weighted by atomic mass is 9.52. The minimum absolute atomic E-state index is 0.0178. The van der Waals surface area contributed by atoms with E-state index in [4.69, 9.17) is 0 Å². The number of aliphatic hydroxyl groups excluding tert-OH is 2. The first kappa shape index (κ1) is 14.6. The van der Waals surface area contributed by atoms with E-state index in [2.05, 4.69) is 19.9 Å². The van der Waals surface area contributed by atoms with Crippen LogP contribution in [0.4, 0.5) is 0 Å². The normalized spacial score (nSPS) is 50.6. The van der Waals surface area contributed by atoms with Crippen molar-refractivity contribution in [2.45, 2.75) is 64.6 Å². The van der Waals surface area contributed by atoms with E-state index in [1.165, 1.54) is 11.1 Å². The van der Waals surface area contributed by atoms with Gasteiger partial charge in [-0.1, -0.05) is 37.1 Å². The summed E-state index contributed by atoms with van der Waals surface area (Å²) < 4.78 is 0. The summed E-state index contributed by atoms with van der Waals surface area (Å²) in [4.78, 5) is 12.4. The number of rotatable bonds is 0. The fourth-order valence-corrected chi connectivity index (χ4v) is 5.72. The molecule has 0 aromatic rings. The molecule has 0 saturated heterocycles. The van der Waals surface area contributed by atoms with Gasteiger partial charge in [-0.25, -0.2) is 0 Å². The average Bonchev–Trinajstić information content (AvgIpc) is 2.77. The van der Waals surface area contributed by atoms with Gasteiger partial charge in [0, 0.05) is 23.2 Å². The van der Waals surface area contributed by atoms with Crippen molar-refractivity contribution in [3.05, 3.63) is 23.3 Å². The van der Waals surface area contributed by atoms with E-state index in [0.29, 0.717) is 18.6 Å². The van der Waals surface area contributed by atoms with Crippen LogP contribution in [-0.2, 0) is 4.79 Å². The number of Topliss-reactive ketones (excluding diaryl/α,β-unsaturated/α-hetero) is 1. The molecule has 4 aliphatic carbocycles. The summed E-state index contributed by atoms with van der Waals surface area (Å²) in [7, 11) is 0. The maximum absolute atomic E-state index is 12.4. The Morgan fingerprint density at radius 2 is 2.00 bits per heavy atom. The number of hydrogen-bond donors (Lipinski definition) is 2. The molecule has 6 atom stereocenters. The number of aliphatic hydroxyl groups is 2. The second-order valence-electron chi connectivity index (χ2n) is 8.29. The van der Waals surface area contributed by atoms with Crippen molar-refractivity contribution in [3.8, 4) is 0 Å². The molecule has 0 heterocycles. The summed E-state index contributed by atoms with van der Waals surface area (Å²) in [5.41, 5.74) is 2.26. The van der Waals surface area contributed by atoms with Crippen LogP contribution in [0.3, 0.4) is 0 Å². The van der Waals surface area contributed by atoms with Gasteiger partial charge in [-0.3, -0.25) is 4.79 Å². The van der Waals surface area contributed by atoms with E-state index in [0.717, 1.165) is 25.7 Å². The predicted octanol–water partition coefficient (Wildman–Crippen LogP) is 2.77. The number of allylic oxidation sites excluding steroid dienone is 1. The number of hydrogen-bond acceptors (Lipinski definition) is 3. The molecule has 2 saturated carbocycles. The van der Waals surface area contributed by atoms with Crippen LogP contribution >= 0.6 is 0 Å². The molecule has 22 heavy (non-hydrogen) atoms. The fraction of sp³-hybridized carbons (Fsp3) is 0.737. The summed E-state index contributed by atoms with van der Waals surface area (Å²) in [5.74, 6) is 0.740. The van der Waals surface area contributed by atoms with Gasteiger partial charge in [-0.05, 0) is 38.0 Å². The molecule has 3 heteroatoms. The fourth-order valence-electron chi connectivity index (χ4n) is 5.72. The van der Waals surface area contributed by atoms with Gasteiger partial charge in [0.05, 0.1) is 12.2 Å². The lowest BCUT2D eigenvalue weighted by Crippen LogP contribution is -2.49.